The van der Waals surface area contributed by atoms with Crippen LogP contribution < -0.4 is 10.6 Å². The number of hydrogen-bond acceptors (Lipinski definition) is 6. The zero-order valence-electron chi connectivity index (χ0n) is 19.2. The summed E-state index contributed by atoms with van der Waals surface area (Å²) in [5, 5.41) is 7.28. The molecule has 0 unspecified atom stereocenters. The molecule has 1 fully saturated rings. The first kappa shape index (κ1) is 21.8. The van der Waals surface area contributed by atoms with E-state index in [1.54, 1.807) is 25.4 Å². The van der Waals surface area contributed by atoms with E-state index in [9.17, 15) is 9.59 Å². The van der Waals surface area contributed by atoms with Gasteiger partial charge in [0.2, 0.25) is 5.91 Å². The number of aryl methyl sites for hydroxylation is 1. The quantitative estimate of drug-likeness (QED) is 0.640. The number of carbonyl (C=O) groups excluding carboxylic acids is 2. The molecular formula is C26H25N6O2. The van der Waals surface area contributed by atoms with Crippen LogP contribution in [-0.2, 0) is 4.79 Å². The van der Waals surface area contributed by atoms with E-state index in [0.717, 1.165) is 42.7 Å². The van der Waals surface area contributed by atoms with Crippen LogP contribution in [0, 0.1) is 6.92 Å². The number of pyridine rings is 1. The van der Waals surface area contributed by atoms with Crippen LogP contribution in [-0.4, -0.2) is 44.8 Å². The van der Waals surface area contributed by atoms with Crippen LogP contribution in [0.4, 0.5) is 11.5 Å². The Morgan fingerprint density at radius 1 is 1.12 bits per heavy atom. The van der Waals surface area contributed by atoms with Crippen molar-refractivity contribution < 1.29 is 9.59 Å². The monoisotopic (exact) mass is 453 g/mol. The molecule has 8 nitrogen and oxygen atoms in total. The van der Waals surface area contributed by atoms with Gasteiger partial charge in [0.25, 0.3) is 5.91 Å². The third-order valence-corrected chi connectivity index (χ3v) is 6.48. The van der Waals surface area contributed by atoms with Gasteiger partial charge in [-0.05, 0) is 66.6 Å². The fourth-order valence-electron chi connectivity index (χ4n) is 4.69. The van der Waals surface area contributed by atoms with E-state index in [-0.39, 0.29) is 11.8 Å². The van der Waals surface area contributed by atoms with Crippen LogP contribution in [0.15, 0.2) is 49.2 Å². The normalized spacial score (nSPS) is 15.6. The molecule has 4 heterocycles. The SMILES string of the molecule is CC(=O)N1CCC(c2ccc(Nc3nc(-c4cncnc4)cc4c3C(=O)[N]C=C4)cc2C)CC1. The van der Waals surface area contributed by atoms with Crippen LogP contribution in [0.5, 0.6) is 0 Å². The van der Waals surface area contributed by atoms with Crippen LogP contribution in [0.1, 0.15) is 52.7 Å². The number of benzene rings is 1. The van der Waals surface area contributed by atoms with Gasteiger partial charge >= 0.3 is 0 Å². The lowest BCUT2D eigenvalue weighted by atomic mass is 9.86. The highest BCUT2D eigenvalue weighted by atomic mass is 16.2. The molecule has 1 N–H and O–H groups in total. The Labute approximate surface area is 198 Å². The number of aromatic nitrogens is 3. The van der Waals surface area contributed by atoms with Crippen molar-refractivity contribution in [3.8, 4) is 11.3 Å². The lowest BCUT2D eigenvalue weighted by Gasteiger charge is -2.32. The molecule has 1 radical (unpaired) electrons. The summed E-state index contributed by atoms with van der Waals surface area (Å²) in [6.45, 7) is 5.32. The van der Waals surface area contributed by atoms with Gasteiger partial charge in [-0.15, -0.1) is 0 Å². The largest absolute Gasteiger partial charge is 0.343 e. The molecule has 5 rings (SSSR count). The summed E-state index contributed by atoms with van der Waals surface area (Å²) in [6.07, 6.45) is 10.1. The first-order valence-corrected chi connectivity index (χ1v) is 11.3. The van der Waals surface area contributed by atoms with Crippen LogP contribution in [0.2, 0.25) is 0 Å². The van der Waals surface area contributed by atoms with Crippen molar-refractivity contribution in [1.29, 1.82) is 0 Å². The zero-order valence-corrected chi connectivity index (χ0v) is 19.2. The maximum Gasteiger partial charge on any atom is 0.281 e. The van der Waals surface area contributed by atoms with Crippen molar-refractivity contribution in [2.24, 2.45) is 0 Å². The van der Waals surface area contributed by atoms with Crippen molar-refractivity contribution >= 4 is 29.4 Å². The van der Waals surface area contributed by atoms with Crippen molar-refractivity contribution in [2.75, 3.05) is 18.4 Å². The molecule has 3 aromatic rings. The number of carbonyl (C=O) groups is 2. The summed E-state index contributed by atoms with van der Waals surface area (Å²) in [4.78, 5) is 39.0. The average Bonchev–Trinajstić information content (AvgIpc) is 2.85. The predicted molar refractivity (Wildman–Crippen MR) is 129 cm³/mol. The third kappa shape index (κ3) is 4.26. The number of hydrogen-bond donors (Lipinski definition) is 1. The second-order valence-electron chi connectivity index (χ2n) is 8.67. The molecule has 2 aliphatic rings. The molecule has 8 heteroatoms. The smallest absolute Gasteiger partial charge is 0.281 e. The van der Waals surface area contributed by atoms with Crippen molar-refractivity contribution in [1.82, 2.24) is 25.2 Å². The van der Waals surface area contributed by atoms with Crippen LogP contribution in [0.25, 0.3) is 17.3 Å². The third-order valence-electron chi connectivity index (χ3n) is 6.48. The minimum atomic E-state index is -0.325. The van der Waals surface area contributed by atoms with E-state index in [0.29, 0.717) is 23.0 Å². The number of amides is 2. The molecule has 1 saturated heterocycles. The van der Waals surface area contributed by atoms with Gasteiger partial charge in [0.15, 0.2) is 0 Å². The van der Waals surface area contributed by atoms with Crippen LogP contribution >= 0.6 is 0 Å². The molecule has 2 aromatic heterocycles. The molecule has 34 heavy (non-hydrogen) atoms. The minimum absolute atomic E-state index is 0.144. The summed E-state index contributed by atoms with van der Waals surface area (Å²) in [7, 11) is 0. The second kappa shape index (κ2) is 9.05. The lowest BCUT2D eigenvalue weighted by Crippen LogP contribution is -2.36. The molecule has 2 aliphatic heterocycles. The molecule has 0 bridgehead atoms. The summed E-state index contributed by atoms with van der Waals surface area (Å²) >= 11 is 0. The van der Waals surface area contributed by atoms with E-state index in [1.165, 1.54) is 23.7 Å². The Bertz CT molecular complexity index is 1280. The standard InChI is InChI=1S/C26H25N6O2/c1-16-11-21(3-4-22(16)18-6-9-32(10-7-18)17(2)33)30-25-24-19(5-8-29-26(24)34)12-23(31-25)20-13-27-15-28-14-20/h3-5,8,11-15,18H,6-7,9-10H2,1-2H3,(H,30,31). The fraction of sp³-hybridized carbons (Fsp3) is 0.269. The number of rotatable bonds is 4. The minimum Gasteiger partial charge on any atom is -0.343 e. The average molecular weight is 454 g/mol. The van der Waals surface area contributed by atoms with E-state index in [1.807, 2.05) is 17.0 Å². The highest BCUT2D eigenvalue weighted by molar-refractivity contribution is 6.05. The zero-order chi connectivity index (χ0) is 23.7. The number of nitrogens with one attached hydrogen (secondary N) is 1. The molecule has 2 amide bonds. The van der Waals surface area contributed by atoms with Gasteiger partial charge in [-0.1, -0.05) is 6.07 Å². The highest BCUT2D eigenvalue weighted by Gasteiger charge is 2.24. The maximum absolute atomic E-state index is 12.6. The topological polar surface area (TPSA) is 102 Å². The summed E-state index contributed by atoms with van der Waals surface area (Å²) in [5.41, 5.74) is 5.95. The maximum atomic E-state index is 12.6. The van der Waals surface area contributed by atoms with Crippen molar-refractivity contribution in [3.05, 3.63) is 71.4 Å². The highest BCUT2D eigenvalue weighted by Crippen LogP contribution is 2.34. The van der Waals surface area contributed by atoms with Gasteiger partial charge in [0, 0.05) is 49.9 Å². The second-order valence-corrected chi connectivity index (χ2v) is 8.67. The van der Waals surface area contributed by atoms with E-state index in [4.69, 9.17) is 4.98 Å². The number of fused-ring (bicyclic) bond motifs is 1. The number of nitrogens with zero attached hydrogens (tertiary/aromatic N) is 5. The van der Waals surface area contributed by atoms with Gasteiger partial charge in [-0.2, -0.15) is 0 Å². The molecule has 0 atom stereocenters. The Balaban J connectivity index is 1.44. The Hall–Kier alpha value is -4.07. The number of anilines is 2. The molecule has 0 spiro atoms. The summed E-state index contributed by atoms with van der Waals surface area (Å²) < 4.78 is 0. The fourth-order valence-corrected chi connectivity index (χ4v) is 4.69. The summed E-state index contributed by atoms with van der Waals surface area (Å²) in [6, 6.07) is 8.09. The van der Waals surface area contributed by atoms with Crippen molar-refractivity contribution in [2.45, 2.75) is 32.6 Å². The van der Waals surface area contributed by atoms with Gasteiger partial charge in [-0.3, -0.25) is 9.59 Å². The van der Waals surface area contributed by atoms with Gasteiger partial charge < -0.3 is 10.2 Å². The van der Waals surface area contributed by atoms with Gasteiger partial charge in [0.1, 0.15) is 12.1 Å². The van der Waals surface area contributed by atoms with Gasteiger partial charge in [0.05, 0.1) is 11.3 Å². The first-order valence-electron chi connectivity index (χ1n) is 11.3. The van der Waals surface area contributed by atoms with Gasteiger partial charge in [-0.25, -0.2) is 20.3 Å². The number of piperidine rings is 1. The molecule has 1 aromatic carbocycles. The lowest BCUT2D eigenvalue weighted by molar-refractivity contribution is -0.129. The number of likely N-dealkylation sites (tertiary alicyclic amines) is 1. The van der Waals surface area contributed by atoms with E-state index < -0.39 is 0 Å². The van der Waals surface area contributed by atoms with Crippen molar-refractivity contribution in [3.63, 3.8) is 0 Å². The first-order chi connectivity index (χ1) is 16.5. The van der Waals surface area contributed by atoms with Crippen LogP contribution in [0.3, 0.4) is 0 Å². The van der Waals surface area contributed by atoms with E-state index >= 15 is 0 Å². The Morgan fingerprint density at radius 3 is 2.59 bits per heavy atom. The molecular weight excluding hydrogens is 428 g/mol. The summed E-state index contributed by atoms with van der Waals surface area (Å²) in [5.74, 6) is 0.707. The molecule has 171 valence electrons. The predicted octanol–water partition coefficient (Wildman–Crippen LogP) is 4.05. The molecule has 0 aliphatic carbocycles. The molecule has 0 saturated carbocycles. The Kier molecular flexibility index (Phi) is 5.79. The van der Waals surface area contributed by atoms with E-state index in [2.05, 4.69) is 39.7 Å². The Morgan fingerprint density at radius 2 is 1.88 bits per heavy atom.